The lowest BCUT2D eigenvalue weighted by Crippen LogP contribution is -2.29. The van der Waals surface area contributed by atoms with Crippen LogP contribution in [-0.4, -0.2) is 30.5 Å². The molecule has 0 radical (unpaired) electrons. The Hall–Kier alpha value is -3.49. The molecule has 0 fully saturated rings. The van der Waals surface area contributed by atoms with Crippen LogP contribution in [0.2, 0.25) is 5.02 Å². The van der Waals surface area contributed by atoms with Crippen molar-refractivity contribution in [2.45, 2.75) is 6.42 Å². The molecule has 33 heavy (non-hydrogen) atoms. The zero-order valence-corrected chi connectivity index (χ0v) is 19.6. The zero-order valence-electron chi connectivity index (χ0n) is 17.3. The van der Waals surface area contributed by atoms with E-state index in [0.717, 1.165) is 0 Å². The van der Waals surface area contributed by atoms with Gasteiger partial charge < -0.3 is 10.1 Å². The third-order valence-electron chi connectivity index (χ3n) is 4.32. The predicted octanol–water partition coefficient (Wildman–Crippen LogP) is 4.59. The number of nitrogens with zero attached hydrogens (tertiary/aromatic N) is 1. The minimum absolute atomic E-state index is 0.0388. The Morgan fingerprint density at radius 1 is 0.970 bits per heavy atom. The number of hydrazone groups is 1. The fraction of sp³-hybridized carbons (Fsp3) is 0.0833. The molecule has 0 saturated heterocycles. The smallest absolute Gasteiger partial charge is 0.344 e. The Morgan fingerprint density at radius 2 is 1.70 bits per heavy atom. The molecule has 0 heterocycles. The number of carbonyl (C=O) groups is 3. The molecule has 0 aliphatic carbocycles. The van der Waals surface area contributed by atoms with Crippen LogP contribution in [0.3, 0.4) is 0 Å². The van der Waals surface area contributed by atoms with Gasteiger partial charge in [-0.15, -0.1) is 0 Å². The minimum Gasteiger partial charge on any atom is -0.423 e. The maximum atomic E-state index is 12.3. The molecular formula is C24H19BrClN3O4. The number of rotatable bonds is 8. The van der Waals surface area contributed by atoms with Crippen LogP contribution in [0.4, 0.5) is 0 Å². The van der Waals surface area contributed by atoms with Crippen LogP contribution in [0.1, 0.15) is 32.7 Å². The summed E-state index contributed by atoms with van der Waals surface area (Å²) >= 11 is 9.30. The monoisotopic (exact) mass is 527 g/mol. The quantitative estimate of drug-likeness (QED) is 0.193. The van der Waals surface area contributed by atoms with E-state index in [1.54, 1.807) is 72.8 Å². The van der Waals surface area contributed by atoms with Gasteiger partial charge in [-0.3, -0.25) is 9.59 Å². The SMILES string of the molecule is O=C(CCNC(=O)c1ccccc1Cl)NN=Cc1cccc(OC(=O)c2ccccc2Br)c1. The van der Waals surface area contributed by atoms with E-state index in [-0.39, 0.29) is 24.8 Å². The highest BCUT2D eigenvalue weighted by Crippen LogP contribution is 2.19. The van der Waals surface area contributed by atoms with Crippen molar-refractivity contribution in [1.82, 2.24) is 10.7 Å². The summed E-state index contributed by atoms with van der Waals surface area (Å²) in [7, 11) is 0. The molecular weight excluding hydrogens is 510 g/mol. The minimum atomic E-state index is -0.497. The van der Waals surface area contributed by atoms with Gasteiger partial charge >= 0.3 is 5.97 Å². The molecule has 0 aliphatic heterocycles. The molecule has 9 heteroatoms. The second-order valence-electron chi connectivity index (χ2n) is 6.72. The lowest BCUT2D eigenvalue weighted by atomic mass is 10.2. The van der Waals surface area contributed by atoms with Crippen molar-refractivity contribution in [2.24, 2.45) is 5.10 Å². The normalized spacial score (nSPS) is 10.6. The number of hydrogen-bond acceptors (Lipinski definition) is 5. The number of carbonyl (C=O) groups excluding carboxylic acids is 3. The molecule has 3 rings (SSSR count). The van der Waals surface area contributed by atoms with Gasteiger partial charge in [0.1, 0.15) is 5.75 Å². The van der Waals surface area contributed by atoms with Crippen LogP contribution in [0.25, 0.3) is 0 Å². The Balaban J connectivity index is 1.46. The molecule has 3 aromatic carbocycles. The van der Waals surface area contributed by atoms with Crippen LogP contribution in [0, 0.1) is 0 Å². The van der Waals surface area contributed by atoms with Gasteiger partial charge in [0, 0.05) is 17.4 Å². The van der Waals surface area contributed by atoms with Crippen LogP contribution in [0.5, 0.6) is 5.75 Å². The maximum Gasteiger partial charge on any atom is 0.344 e. The van der Waals surface area contributed by atoms with Gasteiger partial charge in [0.2, 0.25) is 5.91 Å². The van der Waals surface area contributed by atoms with Crippen molar-refractivity contribution in [3.63, 3.8) is 0 Å². The highest BCUT2D eigenvalue weighted by molar-refractivity contribution is 9.10. The molecule has 0 spiro atoms. The number of nitrogens with one attached hydrogen (secondary N) is 2. The summed E-state index contributed by atoms with van der Waals surface area (Å²) in [6.45, 7) is 0.131. The number of amides is 2. The average molecular weight is 529 g/mol. The number of benzene rings is 3. The summed E-state index contributed by atoms with van der Waals surface area (Å²) in [4.78, 5) is 36.3. The predicted molar refractivity (Wildman–Crippen MR) is 130 cm³/mol. The average Bonchev–Trinajstić information content (AvgIpc) is 2.80. The number of ether oxygens (including phenoxy) is 1. The summed E-state index contributed by atoms with van der Waals surface area (Å²) in [5.41, 5.74) is 3.77. The van der Waals surface area contributed by atoms with Gasteiger partial charge in [0.15, 0.2) is 0 Å². The molecule has 0 unspecified atom stereocenters. The second-order valence-corrected chi connectivity index (χ2v) is 7.98. The fourth-order valence-corrected chi connectivity index (χ4v) is 3.38. The van der Waals surface area contributed by atoms with E-state index in [2.05, 4.69) is 31.8 Å². The number of halogens is 2. The molecule has 2 N–H and O–H groups in total. The summed E-state index contributed by atoms with van der Waals surface area (Å²) in [6, 6.07) is 20.3. The molecule has 0 aromatic heterocycles. The van der Waals surface area contributed by atoms with Crippen molar-refractivity contribution in [1.29, 1.82) is 0 Å². The highest BCUT2D eigenvalue weighted by Gasteiger charge is 2.12. The number of esters is 1. The fourth-order valence-electron chi connectivity index (χ4n) is 2.71. The first-order chi connectivity index (χ1) is 15.9. The van der Waals surface area contributed by atoms with E-state index in [1.165, 1.54) is 6.21 Å². The van der Waals surface area contributed by atoms with Crippen molar-refractivity contribution in [3.8, 4) is 5.75 Å². The first-order valence-corrected chi connectivity index (χ1v) is 11.0. The molecule has 2 amide bonds. The molecule has 3 aromatic rings. The van der Waals surface area contributed by atoms with Gasteiger partial charge in [-0.2, -0.15) is 5.10 Å². The van der Waals surface area contributed by atoms with Crippen LogP contribution < -0.4 is 15.5 Å². The van der Waals surface area contributed by atoms with Crippen LogP contribution in [0.15, 0.2) is 82.4 Å². The summed E-state index contributed by atoms with van der Waals surface area (Å²) in [5.74, 6) is -0.884. The van der Waals surface area contributed by atoms with E-state index < -0.39 is 5.97 Å². The molecule has 168 valence electrons. The zero-order chi connectivity index (χ0) is 23.6. The Bertz CT molecular complexity index is 1200. The third-order valence-corrected chi connectivity index (χ3v) is 5.34. The van der Waals surface area contributed by atoms with E-state index >= 15 is 0 Å². The van der Waals surface area contributed by atoms with Crippen LogP contribution in [-0.2, 0) is 4.79 Å². The molecule has 0 bridgehead atoms. The molecule has 0 saturated carbocycles. The molecule has 7 nitrogen and oxygen atoms in total. The first kappa shape index (κ1) is 24.2. The first-order valence-electron chi connectivity index (χ1n) is 9.85. The maximum absolute atomic E-state index is 12.3. The van der Waals surface area contributed by atoms with Crippen LogP contribution >= 0.6 is 27.5 Å². The molecule has 0 aliphatic rings. The molecule has 0 atom stereocenters. The van der Waals surface area contributed by atoms with E-state index in [9.17, 15) is 14.4 Å². The standard InChI is InChI=1S/C24H19BrClN3O4/c25-20-10-3-1-8-18(20)24(32)33-17-7-5-6-16(14-17)15-28-29-22(30)12-13-27-23(31)19-9-2-4-11-21(19)26/h1-11,14-15H,12-13H2,(H,27,31)(H,29,30). The third kappa shape index (κ3) is 7.27. The summed E-state index contributed by atoms with van der Waals surface area (Å²) < 4.78 is 6.04. The summed E-state index contributed by atoms with van der Waals surface area (Å²) in [6.07, 6.45) is 1.47. The topological polar surface area (TPSA) is 96.9 Å². The highest BCUT2D eigenvalue weighted by atomic mass is 79.9. The van der Waals surface area contributed by atoms with E-state index in [0.29, 0.717) is 31.9 Å². The van der Waals surface area contributed by atoms with Gasteiger partial charge in [-0.05, 0) is 57.9 Å². The number of hydrogen-bond donors (Lipinski definition) is 2. The second kappa shape index (κ2) is 11.9. The lowest BCUT2D eigenvalue weighted by molar-refractivity contribution is -0.120. The van der Waals surface area contributed by atoms with Gasteiger partial charge in [-0.25, -0.2) is 10.2 Å². The van der Waals surface area contributed by atoms with Gasteiger partial charge in [0.25, 0.3) is 5.91 Å². The van der Waals surface area contributed by atoms with Crippen molar-refractivity contribution < 1.29 is 19.1 Å². The summed E-state index contributed by atoms with van der Waals surface area (Å²) in [5, 5.41) is 6.87. The lowest BCUT2D eigenvalue weighted by Gasteiger charge is -2.07. The Labute approximate surface area is 203 Å². The van der Waals surface area contributed by atoms with Gasteiger partial charge in [-0.1, -0.05) is 48.0 Å². The van der Waals surface area contributed by atoms with Crippen molar-refractivity contribution in [3.05, 3.63) is 99.0 Å². The van der Waals surface area contributed by atoms with Gasteiger partial charge in [0.05, 0.1) is 22.4 Å². The van der Waals surface area contributed by atoms with Crippen molar-refractivity contribution in [2.75, 3.05) is 6.54 Å². The Kier molecular flexibility index (Phi) is 8.74. The van der Waals surface area contributed by atoms with E-state index in [4.69, 9.17) is 16.3 Å². The Morgan fingerprint density at radius 3 is 2.45 bits per heavy atom. The van der Waals surface area contributed by atoms with E-state index in [1.807, 2.05) is 0 Å². The largest absolute Gasteiger partial charge is 0.423 e. The van der Waals surface area contributed by atoms with Crippen molar-refractivity contribution >= 4 is 51.5 Å².